The number of hydrogen-bond acceptors (Lipinski definition) is 4. The summed E-state index contributed by atoms with van der Waals surface area (Å²) < 4.78 is 7.78. The molecule has 0 saturated carbocycles. The SMILES string of the molecule is COc1cc2ncc(I)n2nc1C(C)(C)O. The topological polar surface area (TPSA) is 59.7 Å². The number of ether oxygens (including phenoxy) is 1. The summed E-state index contributed by atoms with van der Waals surface area (Å²) >= 11 is 2.14. The van der Waals surface area contributed by atoms with Crippen LogP contribution in [0, 0.1) is 3.70 Å². The second-order valence-corrected chi connectivity index (χ2v) is 5.08. The lowest BCUT2D eigenvalue weighted by atomic mass is 10.0. The molecular formula is C10H12IN3O2. The van der Waals surface area contributed by atoms with Gasteiger partial charge in [0.05, 0.1) is 13.3 Å². The summed E-state index contributed by atoms with van der Waals surface area (Å²) in [6.45, 7) is 3.35. The maximum Gasteiger partial charge on any atom is 0.158 e. The van der Waals surface area contributed by atoms with Crippen molar-refractivity contribution >= 4 is 28.2 Å². The summed E-state index contributed by atoms with van der Waals surface area (Å²) in [6, 6.07) is 1.77. The fourth-order valence-corrected chi connectivity index (χ4v) is 1.94. The lowest BCUT2D eigenvalue weighted by Crippen LogP contribution is -2.20. The van der Waals surface area contributed by atoms with Gasteiger partial charge in [0.25, 0.3) is 0 Å². The molecule has 0 fully saturated rings. The standard InChI is InChI=1S/C10H12IN3O2/c1-10(2,15)9-6(16-3)4-8-12-5-7(11)14(8)13-9/h4-5,15H,1-3H3. The van der Waals surface area contributed by atoms with Gasteiger partial charge in [-0.15, -0.1) is 0 Å². The minimum Gasteiger partial charge on any atom is -0.495 e. The Morgan fingerprint density at radius 3 is 2.75 bits per heavy atom. The molecular weight excluding hydrogens is 321 g/mol. The third kappa shape index (κ3) is 1.86. The summed E-state index contributed by atoms with van der Waals surface area (Å²) in [5.41, 5.74) is 0.153. The number of nitrogens with zero attached hydrogens (tertiary/aromatic N) is 3. The zero-order valence-corrected chi connectivity index (χ0v) is 11.4. The van der Waals surface area contributed by atoms with Crippen LogP contribution >= 0.6 is 22.6 Å². The molecule has 2 aromatic heterocycles. The lowest BCUT2D eigenvalue weighted by Gasteiger charge is -2.19. The molecule has 0 atom stereocenters. The monoisotopic (exact) mass is 333 g/mol. The van der Waals surface area contributed by atoms with Gasteiger partial charge in [0.2, 0.25) is 0 Å². The van der Waals surface area contributed by atoms with E-state index >= 15 is 0 Å². The molecule has 0 aromatic carbocycles. The molecule has 86 valence electrons. The van der Waals surface area contributed by atoms with Gasteiger partial charge in [-0.1, -0.05) is 0 Å². The number of fused-ring (bicyclic) bond motifs is 1. The molecule has 0 unspecified atom stereocenters. The number of imidazole rings is 1. The van der Waals surface area contributed by atoms with E-state index in [4.69, 9.17) is 4.74 Å². The Morgan fingerprint density at radius 1 is 1.50 bits per heavy atom. The average molecular weight is 333 g/mol. The minimum atomic E-state index is -1.05. The minimum absolute atomic E-state index is 0.499. The third-order valence-corrected chi connectivity index (χ3v) is 2.95. The number of aliphatic hydroxyl groups is 1. The van der Waals surface area contributed by atoms with Crippen LogP contribution in [0.2, 0.25) is 0 Å². The van der Waals surface area contributed by atoms with Gasteiger partial charge in [0.1, 0.15) is 20.7 Å². The molecule has 0 aliphatic rings. The molecule has 1 N–H and O–H groups in total. The van der Waals surface area contributed by atoms with Gasteiger partial charge in [-0.05, 0) is 36.4 Å². The van der Waals surface area contributed by atoms with E-state index in [-0.39, 0.29) is 0 Å². The molecule has 2 aromatic rings. The number of hydrogen-bond donors (Lipinski definition) is 1. The van der Waals surface area contributed by atoms with Crippen LogP contribution in [-0.4, -0.2) is 26.8 Å². The van der Waals surface area contributed by atoms with Crippen molar-refractivity contribution in [3.8, 4) is 5.75 Å². The molecule has 2 heterocycles. The first-order valence-electron chi connectivity index (χ1n) is 4.74. The van der Waals surface area contributed by atoms with Gasteiger partial charge < -0.3 is 9.84 Å². The van der Waals surface area contributed by atoms with Crippen LogP contribution in [0.3, 0.4) is 0 Å². The fourth-order valence-electron chi connectivity index (χ4n) is 1.45. The summed E-state index contributed by atoms with van der Waals surface area (Å²) in [6.07, 6.45) is 1.72. The summed E-state index contributed by atoms with van der Waals surface area (Å²) in [7, 11) is 1.55. The van der Waals surface area contributed by atoms with Crippen molar-refractivity contribution in [1.82, 2.24) is 14.6 Å². The van der Waals surface area contributed by atoms with Crippen LogP contribution in [0.5, 0.6) is 5.75 Å². The van der Waals surface area contributed by atoms with Gasteiger partial charge in [0, 0.05) is 6.07 Å². The van der Waals surface area contributed by atoms with E-state index in [0.717, 1.165) is 3.70 Å². The van der Waals surface area contributed by atoms with Crippen molar-refractivity contribution in [2.24, 2.45) is 0 Å². The molecule has 0 spiro atoms. The summed E-state index contributed by atoms with van der Waals surface area (Å²) in [5.74, 6) is 0.544. The normalized spacial score (nSPS) is 12.1. The smallest absolute Gasteiger partial charge is 0.158 e. The van der Waals surface area contributed by atoms with Crippen LogP contribution in [0.1, 0.15) is 19.5 Å². The van der Waals surface area contributed by atoms with Gasteiger partial charge in [0.15, 0.2) is 5.65 Å². The highest BCUT2D eigenvalue weighted by Crippen LogP contribution is 2.28. The van der Waals surface area contributed by atoms with E-state index < -0.39 is 5.60 Å². The average Bonchev–Trinajstić information content (AvgIpc) is 2.57. The first-order chi connectivity index (χ1) is 7.43. The first-order valence-corrected chi connectivity index (χ1v) is 5.82. The highest BCUT2D eigenvalue weighted by Gasteiger charge is 2.24. The van der Waals surface area contributed by atoms with Crippen molar-refractivity contribution in [3.63, 3.8) is 0 Å². The quantitative estimate of drug-likeness (QED) is 0.848. The van der Waals surface area contributed by atoms with Crippen LogP contribution in [-0.2, 0) is 5.60 Å². The zero-order chi connectivity index (χ0) is 11.9. The Bertz CT molecular complexity index is 531. The summed E-state index contributed by atoms with van der Waals surface area (Å²) in [5, 5.41) is 14.4. The third-order valence-electron chi connectivity index (χ3n) is 2.22. The van der Waals surface area contributed by atoms with Crippen molar-refractivity contribution < 1.29 is 9.84 Å². The second kappa shape index (κ2) is 3.85. The van der Waals surface area contributed by atoms with E-state index in [1.54, 1.807) is 37.7 Å². The van der Waals surface area contributed by atoms with Crippen molar-refractivity contribution in [1.29, 1.82) is 0 Å². The van der Waals surface area contributed by atoms with Gasteiger partial charge in [-0.2, -0.15) is 5.10 Å². The molecule has 0 aliphatic carbocycles. The van der Waals surface area contributed by atoms with Gasteiger partial charge >= 0.3 is 0 Å². The molecule has 0 bridgehead atoms. The number of methoxy groups -OCH3 is 1. The van der Waals surface area contributed by atoms with Gasteiger partial charge in [-0.3, -0.25) is 0 Å². The molecule has 6 heteroatoms. The maximum absolute atomic E-state index is 10.0. The highest BCUT2D eigenvalue weighted by molar-refractivity contribution is 14.1. The maximum atomic E-state index is 10.0. The molecule has 0 amide bonds. The molecule has 0 radical (unpaired) electrons. The van der Waals surface area contributed by atoms with Gasteiger partial charge in [-0.25, -0.2) is 9.50 Å². The van der Waals surface area contributed by atoms with E-state index in [2.05, 4.69) is 32.7 Å². The molecule has 2 rings (SSSR count). The van der Waals surface area contributed by atoms with E-state index in [9.17, 15) is 5.11 Å². The highest BCUT2D eigenvalue weighted by atomic mass is 127. The Kier molecular flexibility index (Phi) is 2.79. The molecule has 16 heavy (non-hydrogen) atoms. The lowest BCUT2D eigenvalue weighted by molar-refractivity contribution is 0.0693. The van der Waals surface area contributed by atoms with E-state index in [1.165, 1.54) is 0 Å². The predicted molar refractivity (Wildman–Crippen MR) is 67.5 cm³/mol. The Labute approximate surface area is 107 Å². The van der Waals surface area contributed by atoms with Crippen molar-refractivity contribution in [2.75, 3.05) is 7.11 Å². The molecule has 0 aliphatic heterocycles. The number of aromatic nitrogens is 3. The first kappa shape index (κ1) is 11.6. The fraction of sp³-hybridized carbons (Fsp3) is 0.400. The Morgan fingerprint density at radius 2 is 2.19 bits per heavy atom. The zero-order valence-electron chi connectivity index (χ0n) is 9.23. The van der Waals surface area contributed by atoms with Crippen LogP contribution in [0.25, 0.3) is 5.65 Å². The summed E-state index contributed by atoms with van der Waals surface area (Å²) in [4.78, 5) is 4.18. The van der Waals surface area contributed by atoms with Crippen molar-refractivity contribution in [2.45, 2.75) is 19.4 Å². The van der Waals surface area contributed by atoms with Crippen LogP contribution < -0.4 is 4.74 Å². The predicted octanol–water partition coefficient (Wildman–Crippen LogP) is 1.57. The molecule has 5 nitrogen and oxygen atoms in total. The van der Waals surface area contributed by atoms with E-state index in [1.807, 2.05) is 0 Å². The Hall–Kier alpha value is -0.890. The van der Waals surface area contributed by atoms with Crippen LogP contribution in [0.4, 0.5) is 0 Å². The number of rotatable bonds is 2. The van der Waals surface area contributed by atoms with Crippen molar-refractivity contribution in [3.05, 3.63) is 21.7 Å². The van der Waals surface area contributed by atoms with E-state index in [0.29, 0.717) is 17.1 Å². The Balaban J connectivity index is 2.75. The molecule has 0 saturated heterocycles. The largest absolute Gasteiger partial charge is 0.495 e. The second-order valence-electron chi connectivity index (χ2n) is 3.97. The number of halogens is 1. The van der Waals surface area contributed by atoms with Crippen LogP contribution in [0.15, 0.2) is 12.3 Å².